The molecular formula is C22H20N2O. The maximum Gasteiger partial charge on any atom is 0.233 e. The van der Waals surface area contributed by atoms with Crippen molar-refractivity contribution in [3.63, 3.8) is 0 Å². The fourth-order valence-corrected chi connectivity index (χ4v) is 3.68. The van der Waals surface area contributed by atoms with E-state index in [1.54, 1.807) is 6.20 Å². The third-order valence-electron chi connectivity index (χ3n) is 4.98. The van der Waals surface area contributed by atoms with Gasteiger partial charge in [0.1, 0.15) is 0 Å². The second kappa shape index (κ2) is 6.52. The van der Waals surface area contributed by atoms with Gasteiger partial charge in [0.05, 0.1) is 23.7 Å². The van der Waals surface area contributed by atoms with E-state index in [1.807, 2.05) is 71.6 Å². The molecule has 124 valence electrons. The standard InChI is InChI=1S/C22H20N2O/c1-16(17-10-4-2-5-11-17)24-21(19-14-8-9-15-23-19)20(22(24)25)18-12-6-3-7-13-18/h2-16,20-21H,1H3/t16-,20+,21+/m1/s1. The average molecular weight is 328 g/mol. The monoisotopic (exact) mass is 328 g/mol. The lowest BCUT2D eigenvalue weighted by atomic mass is 9.78. The highest BCUT2D eigenvalue weighted by Gasteiger charge is 2.51. The molecule has 0 unspecified atom stereocenters. The zero-order valence-corrected chi connectivity index (χ0v) is 14.1. The number of pyridine rings is 1. The van der Waals surface area contributed by atoms with Crippen LogP contribution in [0.1, 0.15) is 41.7 Å². The van der Waals surface area contributed by atoms with Crippen molar-refractivity contribution < 1.29 is 4.79 Å². The van der Waals surface area contributed by atoms with E-state index >= 15 is 0 Å². The SMILES string of the molecule is C[C@H](c1ccccc1)N1C(=O)[C@@H](c2ccccc2)[C@@H]1c1ccccn1. The fraction of sp³-hybridized carbons (Fsp3) is 0.182. The molecular weight excluding hydrogens is 308 g/mol. The molecule has 1 aliphatic heterocycles. The van der Waals surface area contributed by atoms with Gasteiger partial charge in [-0.1, -0.05) is 66.7 Å². The number of β-lactam (4-membered cyclic amide) rings is 1. The quantitative estimate of drug-likeness (QED) is 0.660. The Kier molecular flexibility index (Phi) is 4.06. The minimum atomic E-state index is -0.165. The van der Waals surface area contributed by atoms with E-state index in [9.17, 15) is 4.79 Å². The molecule has 3 heteroatoms. The molecule has 3 atom stereocenters. The van der Waals surface area contributed by atoms with E-state index in [2.05, 4.69) is 24.0 Å². The maximum absolute atomic E-state index is 13.1. The number of rotatable bonds is 4. The van der Waals surface area contributed by atoms with Crippen molar-refractivity contribution in [2.45, 2.75) is 24.9 Å². The highest BCUT2D eigenvalue weighted by molar-refractivity contribution is 5.91. The highest BCUT2D eigenvalue weighted by Crippen LogP contribution is 2.49. The molecule has 25 heavy (non-hydrogen) atoms. The molecule has 3 aromatic rings. The summed E-state index contributed by atoms with van der Waals surface area (Å²) in [4.78, 5) is 19.6. The van der Waals surface area contributed by atoms with E-state index in [4.69, 9.17) is 0 Å². The van der Waals surface area contributed by atoms with Gasteiger partial charge in [-0.3, -0.25) is 9.78 Å². The van der Waals surface area contributed by atoms with Gasteiger partial charge in [0, 0.05) is 6.20 Å². The van der Waals surface area contributed by atoms with E-state index in [1.165, 1.54) is 0 Å². The summed E-state index contributed by atoms with van der Waals surface area (Å²) in [7, 11) is 0. The number of likely N-dealkylation sites (tertiary alicyclic amines) is 1. The predicted molar refractivity (Wildman–Crippen MR) is 97.9 cm³/mol. The van der Waals surface area contributed by atoms with Crippen LogP contribution in [0.3, 0.4) is 0 Å². The zero-order chi connectivity index (χ0) is 17.2. The Morgan fingerprint density at radius 3 is 2.16 bits per heavy atom. The number of aromatic nitrogens is 1. The molecule has 1 saturated heterocycles. The highest BCUT2D eigenvalue weighted by atomic mass is 16.2. The summed E-state index contributed by atoms with van der Waals surface area (Å²) < 4.78 is 0. The Hall–Kier alpha value is -2.94. The van der Waals surface area contributed by atoms with Gasteiger partial charge in [0.15, 0.2) is 0 Å². The maximum atomic E-state index is 13.1. The molecule has 4 rings (SSSR count). The van der Waals surface area contributed by atoms with Crippen LogP contribution < -0.4 is 0 Å². The number of benzene rings is 2. The second-order valence-electron chi connectivity index (χ2n) is 6.42. The minimum Gasteiger partial charge on any atom is -0.326 e. The molecule has 0 bridgehead atoms. The van der Waals surface area contributed by atoms with Gasteiger partial charge in [0.25, 0.3) is 0 Å². The van der Waals surface area contributed by atoms with Crippen molar-refractivity contribution in [1.29, 1.82) is 0 Å². The molecule has 0 saturated carbocycles. The van der Waals surface area contributed by atoms with Crippen LogP contribution in [0, 0.1) is 0 Å². The Labute approximate surface area is 148 Å². The van der Waals surface area contributed by atoms with Crippen molar-refractivity contribution in [3.8, 4) is 0 Å². The van der Waals surface area contributed by atoms with Crippen molar-refractivity contribution in [1.82, 2.24) is 9.88 Å². The van der Waals surface area contributed by atoms with Crippen LogP contribution in [0.4, 0.5) is 0 Å². The van der Waals surface area contributed by atoms with Gasteiger partial charge in [-0.15, -0.1) is 0 Å². The van der Waals surface area contributed by atoms with Crippen LogP contribution in [-0.4, -0.2) is 15.8 Å². The fourth-order valence-electron chi connectivity index (χ4n) is 3.68. The van der Waals surface area contributed by atoms with Crippen molar-refractivity contribution >= 4 is 5.91 Å². The number of carbonyl (C=O) groups is 1. The van der Waals surface area contributed by atoms with Gasteiger partial charge < -0.3 is 4.90 Å². The summed E-state index contributed by atoms with van der Waals surface area (Å²) in [6, 6.07) is 26.1. The Bertz CT molecular complexity index is 849. The number of hydrogen-bond donors (Lipinski definition) is 0. The topological polar surface area (TPSA) is 33.2 Å². The van der Waals surface area contributed by atoms with Gasteiger partial charge in [-0.2, -0.15) is 0 Å². The van der Waals surface area contributed by atoms with Gasteiger partial charge in [-0.25, -0.2) is 0 Å². The number of nitrogens with zero attached hydrogens (tertiary/aromatic N) is 2. The van der Waals surface area contributed by atoms with E-state index in [0.717, 1.165) is 16.8 Å². The first-order valence-electron chi connectivity index (χ1n) is 8.60. The Morgan fingerprint density at radius 2 is 1.52 bits per heavy atom. The smallest absolute Gasteiger partial charge is 0.233 e. The molecule has 0 N–H and O–H groups in total. The van der Waals surface area contributed by atoms with E-state index < -0.39 is 0 Å². The lowest BCUT2D eigenvalue weighted by Gasteiger charge is -2.50. The lowest BCUT2D eigenvalue weighted by molar-refractivity contribution is -0.154. The van der Waals surface area contributed by atoms with Crippen molar-refractivity contribution in [2.75, 3.05) is 0 Å². The molecule has 1 aliphatic rings. The van der Waals surface area contributed by atoms with Crippen LogP contribution in [0.25, 0.3) is 0 Å². The zero-order valence-electron chi connectivity index (χ0n) is 14.1. The van der Waals surface area contributed by atoms with Crippen LogP contribution in [-0.2, 0) is 4.79 Å². The van der Waals surface area contributed by atoms with Crippen LogP contribution >= 0.6 is 0 Å². The number of carbonyl (C=O) groups excluding carboxylic acids is 1. The van der Waals surface area contributed by atoms with Gasteiger partial charge in [-0.05, 0) is 30.2 Å². The summed E-state index contributed by atoms with van der Waals surface area (Å²) >= 11 is 0. The molecule has 0 spiro atoms. The largest absolute Gasteiger partial charge is 0.326 e. The predicted octanol–water partition coefficient (Wildman–Crippen LogP) is 4.51. The second-order valence-corrected chi connectivity index (χ2v) is 6.42. The average Bonchev–Trinajstić information content (AvgIpc) is 2.68. The normalized spacial score (nSPS) is 20.8. The molecule has 2 aromatic carbocycles. The molecule has 1 fully saturated rings. The van der Waals surface area contributed by atoms with Gasteiger partial charge in [0.2, 0.25) is 5.91 Å². The molecule has 0 aliphatic carbocycles. The summed E-state index contributed by atoms with van der Waals surface area (Å²) in [5.74, 6) is 0.000434. The lowest BCUT2D eigenvalue weighted by Crippen LogP contribution is -2.54. The molecule has 1 aromatic heterocycles. The van der Waals surface area contributed by atoms with Crippen molar-refractivity contribution in [3.05, 3.63) is 102 Å². The Balaban J connectivity index is 1.73. The first kappa shape index (κ1) is 15.6. The number of hydrogen-bond acceptors (Lipinski definition) is 2. The molecule has 0 radical (unpaired) electrons. The van der Waals surface area contributed by atoms with E-state index in [-0.39, 0.29) is 23.9 Å². The Morgan fingerprint density at radius 1 is 0.880 bits per heavy atom. The summed E-state index contributed by atoms with van der Waals surface area (Å²) in [6.07, 6.45) is 1.80. The summed E-state index contributed by atoms with van der Waals surface area (Å²) in [6.45, 7) is 2.09. The molecule has 3 nitrogen and oxygen atoms in total. The van der Waals surface area contributed by atoms with E-state index in [0.29, 0.717) is 0 Å². The third kappa shape index (κ3) is 2.72. The minimum absolute atomic E-state index is 0.0145. The third-order valence-corrected chi connectivity index (χ3v) is 4.98. The van der Waals surface area contributed by atoms with Gasteiger partial charge >= 0.3 is 0 Å². The van der Waals surface area contributed by atoms with Crippen molar-refractivity contribution in [2.24, 2.45) is 0 Å². The number of amides is 1. The van der Waals surface area contributed by atoms with Crippen LogP contribution in [0.2, 0.25) is 0 Å². The van der Waals surface area contributed by atoms with Crippen LogP contribution in [0.5, 0.6) is 0 Å². The molecule has 2 heterocycles. The first-order valence-corrected chi connectivity index (χ1v) is 8.60. The molecule has 1 amide bonds. The van der Waals surface area contributed by atoms with Crippen LogP contribution in [0.15, 0.2) is 85.1 Å². The summed E-state index contributed by atoms with van der Waals surface area (Å²) in [5, 5.41) is 0. The summed E-state index contributed by atoms with van der Waals surface area (Å²) in [5.41, 5.74) is 3.14. The first-order chi connectivity index (χ1) is 12.3.